The van der Waals surface area contributed by atoms with Crippen molar-refractivity contribution in [2.75, 3.05) is 18.4 Å². The Morgan fingerprint density at radius 3 is 2.14 bits per heavy atom. The van der Waals surface area contributed by atoms with Crippen molar-refractivity contribution in [3.63, 3.8) is 0 Å². The molecule has 0 aliphatic carbocycles. The van der Waals surface area contributed by atoms with Crippen LogP contribution < -0.4 is 15.8 Å². The molecule has 162 valence electrons. The molecule has 1 aliphatic rings. The van der Waals surface area contributed by atoms with Crippen molar-refractivity contribution >= 4 is 18.0 Å². The van der Waals surface area contributed by atoms with Gasteiger partial charge in [-0.2, -0.15) is 0 Å². The Hall–Kier alpha value is -1.90. The Bertz CT molecular complexity index is 735. The summed E-state index contributed by atoms with van der Waals surface area (Å²) in [6, 6.07) is 4.15. The van der Waals surface area contributed by atoms with E-state index in [1.807, 2.05) is 18.4 Å². The smallest absolute Gasteiger partial charge is 0.148 e. The number of anilines is 1. The highest BCUT2D eigenvalue weighted by molar-refractivity contribution is 5.66. The molecule has 0 bridgehead atoms. The molecule has 0 fully saturated rings. The molecule has 0 saturated carbocycles. The molecule has 0 spiro atoms. The van der Waals surface area contributed by atoms with Crippen molar-refractivity contribution in [2.45, 2.75) is 79.1 Å². The van der Waals surface area contributed by atoms with Crippen LogP contribution in [0.5, 0.6) is 5.75 Å². The summed E-state index contributed by atoms with van der Waals surface area (Å²) in [5.41, 5.74) is 0.817. The predicted octanol–water partition coefficient (Wildman–Crippen LogP) is 5.58. The lowest BCUT2D eigenvalue weighted by Gasteiger charge is -2.30. The lowest BCUT2D eigenvalue weighted by Crippen LogP contribution is -2.31. The Morgan fingerprint density at radius 1 is 0.966 bits per heavy atom. The molecular formula is C26H42N2O. The van der Waals surface area contributed by atoms with Gasteiger partial charge in [0.05, 0.1) is 5.69 Å². The van der Waals surface area contributed by atoms with Crippen LogP contribution >= 0.6 is 0 Å². The number of hydrogen-bond acceptors (Lipinski definition) is 3. The molecule has 1 heterocycles. The highest BCUT2D eigenvalue weighted by Crippen LogP contribution is 2.20. The van der Waals surface area contributed by atoms with Gasteiger partial charge in [0.15, 0.2) is 0 Å². The number of phenolic OH excluding ortho intramolecular Hbond substituents is 1. The van der Waals surface area contributed by atoms with E-state index in [1.165, 1.54) is 51.4 Å². The average molecular weight is 399 g/mol. The third-order valence-corrected chi connectivity index (χ3v) is 6.23. The van der Waals surface area contributed by atoms with Gasteiger partial charge in [0, 0.05) is 35.9 Å². The van der Waals surface area contributed by atoms with Crippen LogP contribution in [-0.4, -0.2) is 23.1 Å². The standard InChI is InChI=1S/C26H42N2O/c1-5-9-12-21(7-3)18-28(19-22(8-4)13-10-6-2)20-24-16-15-23-14-11-17-27-25(23)26(24)29/h11,14-17,20-22,27,29H,5-10,12-13,18-19H2,1-4H3/b24-20-. The second kappa shape index (κ2) is 12.6. The maximum atomic E-state index is 10.9. The van der Waals surface area contributed by atoms with Crippen molar-refractivity contribution < 1.29 is 5.11 Å². The number of fused-ring (bicyclic) bond motifs is 1. The van der Waals surface area contributed by atoms with E-state index in [0.717, 1.165) is 29.2 Å². The van der Waals surface area contributed by atoms with Crippen LogP contribution in [0.15, 0.2) is 24.4 Å². The molecule has 0 aromatic heterocycles. The van der Waals surface area contributed by atoms with Gasteiger partial charge in [0.25, 0.3) is 0 Å². The van der Waals surface area contributed by atoms with E-state index in [-0.39, 0.29) is 0 Å². The third-order valence-electron chi connectivity index (χ3n) is 6.23. The lowest BCUT2D eigenvalue weighted by atomic mass is 9.96. The fraction of sp³-hybridized carbons (Fsp3) is 0.615. The molecule has 3 nitrogen and oxygen atoms in total. The summed E-state index contributed by atoms with van der Waals surface area (Å²) in [6.45, 7) is 11.3. The quantitative estimate of drug-likeness (QED) is 0.426. The van der Waals surface area contributed by atoms with Crippen molar-refractivity contribution in [1.29, 1.82) is 0 Å². The summed E-state index contributed by atoms with van der Waals surface area (Å²) in [7, 11) is 0. The second-order valence-electron chi connectivity index (χ2n) is 8.55. The molecule has 2 atom stereocenters. The molecule has 0 radical (unpaired) electrons. The molecule has 1 aliphatic heterocycles. The van der Waals surface area contributed by atoms with Gasteiger partial charge in [-0.25, -0.2) is 0 Å². The van der Waals surface area contributed by atoms with Crippen LogP contribution in [0.1, 0.15) is 79.1 Å². The van der Waals surface area contributed by atoms with Gasteiger partial charge in [0.2, 0.25) is 0 Å². The van der Waals surface area contributed by atoms with E-state index in [4.69, 9.17) is 0 Å². The predicted molar refractivity (Wildman–Crippen MR) is 127 cm³/mol. The maximum absolute atomic E-state index is 10.9. The van der Waals surface area contributed by atoms with Crippen LogP contribution in [0.25, 0.3) is 12.3 Å². The van der Waals surface area contributed by atoms with Crippen LogP contribution in [0.4, 0.5) is 5.69 Å². The van der Waals surface area contributed by atoms with Crippen LogP contribution in [0.3, 0.4) is 0 Å². The SMILES string of the molecule is CCCCC(CC)CN(/C=c1/ccc2c(c1O)NC=CC=2)CC(CC)CCCC. The molecule has 2 N–H and O–H groups in total. The molecule has 0 saturated heterocycles. The summed E-state index contributed by atoms with van der Waals surface area (Å²) in [5.74, 6) is 1.78. The van der Waals surface area contributed by atoms with Gasteiger partial charge in [-0.3, -0.25) is 0 Å². The summed E-state index contributed by atoms with van der Waals surface area (Å²) >= 11 is 0. The Balaban J connectivity index is 2.29. The molecule has 3 heteroatoms. The van der Waals surface area contributed by atoms with Gasteiger partial charge >= 0.3 is 0 Å². The molecular weight excluding hydrogens is 356 g/mol. The minimum absolute atomic E-state index is 0.358. The zero-order valence-electron chi connectivity index (χ0n) is 19.1. The largest absolute Gasteiger partial charge is 0.505 e. The van der Waals surface area contributed by atoms with Crippen LogP contribution in [0.2, 0.25) is 0 Å². The first-order valence-electron chi connectivity index (χ1n) is 11.8. The van der Waals surface area contributed by atoms with E-state index in [9.17, 15) is 5.11 Å². The fourth-order valence-electron chi connectivity index (χ4n) is 4.18. The second-order valence-corrected chi connectivity index (χ2v) is 8.55. The van der Waals surface area contributed by atoms with Crippen molar-refractivity contribution in [2.24, 2.45) is 11.8 Å². The molecule has 1 aromatic carbocycles. The van der Waals surface area contributed by atoms with E-state index in [0.29, 0.717) is 17.6 Å². The van der Waals surface area contributed by atoms with Crippen LogP contribution in [-0.2, 0) is 0 Å². The summed E-state index contributed by atoms with van der Waals surface area (Å²) in [4.78, 5) is 2.50. The molecule has 29 heavy (non-hydrogen) atoms. The molecule has 1 aromatic rings. The first-order valence-corrected chi connectivity index (χ1v) is 11.8. The Labute approximate surface area is 178 Å². The monoisotopic (exact) mass is 398 g/mol. The van der Waals surface area contributed by atoms with E-state index in [1.54, 1.807) is 0 Å². The van der Waals surface area contributed by atoms with Crippen molar-refractivity contribution in [3.05, 3.63) is 34.8 Å². The summed E-state index contributed by atoms with van der Waals surface area (Å²) in [6.07, 6.45) is 18.2. The third kappa shape index (κ3) is 7.13. The fourth-order valence-corrected chi connectivity index (χ4v) is 4.18. The average Bonchev–Trinajstić information content (AvgIpc) is 2.75. The number of benzene rings is 1. The van der Waals surface area contributed by atoms with Crippen molar-refractivity contribution in [3.8, 4) is 5.75 Å². The minimum atomic E-state index is 0.358. The van der Waals surface area contributed by atoms with Gasteiger partial charge < -0.3 is 15.3 Å². The van der Waals surface area contributed by atoms with Crippen LogP contribution in [0, 0.1) is 11.8 Å². The van der Waals surface area contributed by atoms with Gasteiger partial charge in [0.1, 0.15) is 5.75 Å². The topological polar surface area (TPSA) is 35.5 Å². The number of nitrogens with one attached hydrogen (secondary N) is 1. The number of aromatic hydroxyl groups is 1. The highest BCUT2D eigenvalue weighted by atomic mass is 16.3. The van der Waals surface area contributed by atoms with Gasteiger partial charge in [-0.1, -0.05) is 78.4 Å². The zero-order chi connectivity index (χ0) is 21.1. The molecule has 2 unspecified atom stereocenters. The van der Waals surface area contributed by atoms with E-state index >= 15 is 0 Å². The minimum Gasteiger partial charge on any atom is -0.505 e. The van der Waals surface area contributed by atoms with Gasteiger partial charge in [-0.05, 0) is 36.8 Å². The lowest BCUT2D eigenvalue weighted by molar-refractivity contribution is 0.258. The van der Waals surface area contributed by atoms with Crippen molar-refractivity contribution in [1.82, 2.24) is 4.90 Å². The first-order chi connectivity index (χ1) is 14.1. The first kappa shape index (κ1) is 23.4. The number of allylic oxidation sites excluding steroid dienone is 1. The number of phenols is 1. The summed E-state index contributed by atoms with van der Waals surface area (Å²) in [5, 5.41) is 16.0. The molecule has 2 rings (SSSR count). The number of hydrogen-bond donors (Lipinski definition) is 2. The van der Waals surface area contributed by atoms with E-state index < -0.39 is 0 Å². The number of nitrogens with zero attached hydrogens (tertiary/aromatic N) is 1. The normalized spacial score (nSPS) is 15.4. The summed E-state index contributed by atoms with van der Waals surface area (Å²) < 4.78 is 0. The van der Waals surface area contributed by atoms with E-state index in [2.05, 4.69) is 56.2 Å². The Kier molecular flexibility index (Phi) is 10.2. The maximum Gasteiger partial charge on any atom is 0.148 e. The highest BCUT2D eigenvalue weighted by Gasteiger charge is 2.15. The zero-order valence-corrected chi connectivity index (χ0v) is 19.1. The molecule has 0 amide bonds. The Morgan fingerprint density at radius 2 is 1.59 bits per heavy atom. The van der Waals surface area contributed by atoms with Gasteiger partial charge in [-0.15, -0.1) is 0 Å². The number of unbranched alkanes of at least 4 members (excludes halogenated alkanes) is 2. The number of rotatable bonds is 13.